The molecule has 3 heteroatoms. The van der Waals surface area contributed by atoms with Crippen LogP contribution in [-0.2, 0) is 16.6 Å². The standard InChI is InChI=1S/C15H21NO2/c1-10(2)16-8-7-11-5-6-12(9-13(11)16)15(3,4)14(17)18/h5-6,9-10H,7-8H2,1-4H3,(H,17,18). The van der Waals surface area contributed by atoms with Gasteiger partial charge in [-0.15, -0.1) is 0 Å². The van der Waals surface area contributed by atoms with Gasteiger partial charge in [0.25, 0.3) is 0 Å². The third-order valence-corrected chi connectivity index (χ3v) is 3.90. The number of hydrogen-bond acceptors (Lipinski definition) is 2. The van der Waals surface area contributed by atoms with Crippen molar-refractivity contribution in [3.63, 3.8) is 0 Å². The lowest BCUT2D eigenvalue weighted by atomic mass is 9.84. The molecule has 0 aromatic heterocycles. The molecule has 2 rings (SSSR count). The predicted molar refractivity (Wildman–Crippen MR) is 73.3 cm³/mol. The lowest BCUT2D eigenvalue weighted by Gasteiger charge is -2.26. The molecule has 1 aliphatic heterocycles. The van der Waals surface area contributed by atoms with Gasteiger partial charge in [-0.3, -0.25) is 4.79 Å². The van der Waals surface area contributed by atoms with Crippen LogP contribution in [0.25, 0.3) is 0 Å². The van der Waals surface area contributed by atoms with E-state index in [0.29, 0.717) is 6.04 Å². The molecule has 1 aliphatic rings. The molecular weight excluding hydrogens is 226 g/mol. The molecule has 0 fully saturated rings. The highest BCUT2D eigenvalue weighted by Gasteiger charge is 2.31. The number of aliphatic carboxylic acids is 1. The van der Waals surface area contributed by atoms with Gasteiger partial charge in [-0.25, -0.2) is 0 Å². The van der Waals surface area contributed by atoms with Gasteiger partial charge in [0, 0.05) is 18.3 Å². The molecule has 1 aromatic carbocycles. The van der Waals surface area contributed by atoms with E-state index in [4.69, 9.17) is 0 Å². The summed E-state index contributed by atoms with van der Waals surface area (Å²) in [6.45, 7) is 8.88. The fourth-order valence-electron chi connectivity index (χ4n) is 2.45. The molecular formula is C15H21NO2. The maximum Gasteiger partial charge on any atom is 0.313 e. The van der Waals surface area contributed by atoms with Crippen LogP contribution in [0.5, 0.6) is 0 Å². The van der Waals surface area contributed by atoms with Gasteiger partial charge >= 0.3 is 5.97 Å². The van der Waals surface area contributed by atoms with E-state index in [0.717, 1.165) is 18.5 Å². The number of fused-ring (bicyclic) bond motifs is 1. The minimum Gasteiger partial charge on any atom is -0.481 e. The molecule has 0 amide bonds. The first-order valence-corrected chi connectivity index (χ1v) is 6.47. The van der Waals surface area contributed by atoms with E-state index < -0.39 is 11.4 Å². The van der Waals surface area contributed by atoms with Gasteiger partial charge < -0.3 is 10.0 Å². The number of carboxylic acid groups (broad SMARTS) is 1. The Morgan fingerprint density at radius 3 is 2.61 bits per heavy atom. The van der Waals surface area contributed by atoms with E-state index in [9.17, 15) is 9.90 Å². The number of benzene rings is 1. The first-order chi connectivity index (χ1) is 8.34. The van der Waals surface area contributed by atoms with Gasteiger partial charge in [-0.2, -0.15) is 0 Å². The summed E-state index contributed by atoms with van der Waals surface area (Å²) in [5.41, 5.74) is 2.58. The van der Waals surface area contributed by atoms with E-state index in [2.05, 4.69) is 30.9 Å². The Morgan fingerprint density at radius 1 is 1.39 bits per heavy atom. The molecule has 0 unspecified atom stereocenters. The zero-order chi connectivity index (χ0) is 13.5. The van der Waals surface area contributed by atoms with E-state index in [-0.39, 0.29) is 0 Å². The SMILES string of the molecule is CC(C)N1CCc2ccc(C(C)(C)C(=O)O)cc21. The number of hydrogen-bond donors (Lipinski definition) is 1. The molecule has 0 aliphatic carbocycles. The Bertz CT molecular complexity index is 477. The minimum absolute atomic E-state index is 0.453. The van der Waals surface area contributed by atoms with Crippen molar-refractivity contribution in [2.24, 2.45) is 0 Å². The Labute approximate surface area is 108 Å². The Kier molecular flexibility index (Phi) is 3.09. The second-order valence-electron chi connectivity index (χ2n) is 5.81. The first-order valence-electron chi connectivity index (χ1n) is 6.47. The second-order valence-corrected chi connectivity index (χ2v) is 5.81. The Balaban J connectivity index is 2.44. The molecule has 0 radical (unpaired) electrons. The quantitative estimate of drug-likeness (QED) is 0.893. The van der Waals surface area contributed by atoms with Crippen LogP contribution < -0.4 is 4.90 Å². The number of carbonyl (C=O) groups is 1. The van der Waals surface area contributed by atoms with Crippen molar-refractivity contribution >= 4 is 11.7 Å². The summed E-state index contributed by atoms with van der Waals surface area (Å²) >= 11 is 0. The van der Waals surface area contributed by atoms with Crippen molar-refractivity contribution in [1.29, 1.82) is 0 Å². The van der Waals surface area contributed by atoms with Crippen molar-refractivity contribution in [2.75, 3.05) is 11.4 Å². The van der Waals surface area contributed by atoms with E-state index in [1.165, 1.54) is 11.3 Å². The van der Waals surface area contributed by atoms with E-state index >= 15 is 0 Å². The highest BCUT2D eigenvalue weighted by atomic mass is 16.4. The minimum atomic E-state index is -0.833. The summed E-state index contributed by atoms with van der Waals surface area (Å²) in [5.74, 6) is -0.781. The van der Waals surface area contributed by atoms with Gasteiger partial charge in [0.15, 0.2) is 0 Å². The van der Waals surface area contributed by atoms with Crippen LogP contribution in [-0.4, -0.2) is 23.7 Å². The predicted octanol–water partition coefficient (Wildman–Crippen LogP) is 2.82. The lowest BCUT2D eigenvalue weighted by molar-refractivity contribution is -0.142. The summed E-state index contributed by atoms with van der Waals surface area (Å²) in [4.78, 5) is 13.7. The lowest BCUT2D eigenvalue weighted by Crippen LogP contribution is -2.30. The topological polar surface area (TPSA) is 40.5 Å². The van der Waals surface area contributed by atoms with Crippen LogP contribution in [0.2, 0.25) is 0 Å². The van der Waals surface area contributed by atoms with Crippen molar-refractivity contribution in [3.8, 4) is 0 Å². The molecule has 0 bridgehead atoms. The molecule has 0 spiro atoms. The number of carboxylic acids is 1. The zero-order valence-corrected chi connectivity index (χ0v) is 11.5. The Morgan fingerprint density at radius 2 is 2.06 bits per heavy atom. The summed E-state index contributed by atoms with van der Waals surface area (Å²) < 4.78 is 0. The van der Waals surface area contributed by atoms with Gasteiger partial charge in [0.2, 0.25) is 0 Å². The largest absolute Gasteiger partial charge is 0.481 e. The highest BCUT2D eigenvalue weighted by molar-refractivity contribution is 5.81. The molecule has 1 N–H and O–H groups in total. The summed E-state index contributed by atoms with van der Waals surface area (Å²) in [6.07, 6.45) is 1.06. The molecule has 18 heavy (non-hydrogen) atoms. The van der Waals surface area contributed by atoms with Crippen molar-refractivity contribution in [3.05, 3.63) is 29.3 Å². The van der Waals surface area contributed by atoms with Crippen molar-refractivity contribution in [1.82, 2.24) is 0 Å². The molecule has 98 valence electrons. The third-order valence-electron chi connectivity index (χ3n) is 3.90. The van der Waals surface area contributed by atoms with Gasteiger partial charge in [0.1, 0.15) is 0 Å². The maximum absolute atomic E-state index is 11.3. The Hall–Kier alpha value is -1.51. The van der Waals surface area contributed by atoms with Gasteiger partial charge in [0.05, 0.1) is 5.41 Å². The van der Waals surface area contributed by atoms with Crippen LogP contribution in [0.15, 0.2) is 18.2 Å². The third kappa shape index (κ3) is 1.98. The van der Waals surface area contributed by atoms with Gasteiger partial charge in [-0.05, 0) is 51.3 Å². The number of nitrogens with zero attached hydrogens (tertiary/aromatic N) is 1. The number of anilines is 1. The van der Waals surface area contributed by atoms with Crippen molar-refractivity contribution < 1.29 is 9.90 Å². The molecule has 0 saturated heterocycles. The van der Waals surface area contributed by atoms with Crippen LogP contribution in [0.3, 0.4) is 0 Å². The molecule has 1 heterocycles. The molecule has 3 nitrogen and oxygen atoms in total. The van der Waals surface area contributed by atoms with Crippen LogP contribution in [0.1, 0.15) is 38.8 Å². The fraction of sp³-hybridized carbons (Fsp3) is 0.533. The normalized spacial score (nSPS) is 15.1. The second kappa shape index (κ2) is 4.30. The average molecular weight is 247 g/mol. The molecule has 0 saturated carbocycles. The molecule has 1 aromatic rings. The summed E-state index contributed by atoms with van der Waals surface area (Å²) in [7, 11) is 0. The van der Waals surface area contributed by atoms with Crippen molar-refractivity contribution in [2.45, 2.75) is 45.6 Å². The maximum atomic E-state index is 11.3. The monoisotopic (exact) mass is 247 g/mol. The van der Waals surface area contributed by atoms with E-state index in [1.807, 2.05) is 6.07 Å². The van der Waals surface area contributed by atoms with Crippen LogP contribution >= 0.6 is 0 Å². The summed E-state index contributed by atoms with van der Waals surface area (Å²) in [6, 6.07) is 6.54. The van der Waals surface area contributed by atoms with Crippen LogP contribution in [0, 0.1) is 0 Å². The highest BCUT2D eigenvalue weighted by Crippen LogP contribution is 2.34. The van der Waals surface area contributed by atoms with Gasteiger partial charge in [-0.1, -0.05) is 12.1 Å². The zero-order valence-electron chi connectivity index (χ0n) is 11.5. The smallest absolute Gasteiger partial charge is 0.313 e. The van der Waals surface area contributed by atoms with Crippen LogP contribution in [0.4, 0.5) is 5.69 Å². The first kappa shape index (κ1) is 12.9. The van der Waals surface area contributed by atoms with E-state index in [1.54, 1.807) is 13.8 Å². The fourth-order valence-corrected chi connectivity index (χ4v) is 2.45. The summed E-state index contributed by atoms with van der Waals surface area (Å²) in [5, 5.41) is 9.30. The number of rotatable bonds is 3. The molecule has 0 atom stereocenters. The average Bonchev–Trinajstić information content (AvgIpc) is 2.71.